The summed E-state index contributed by atoms with van der Waals surface area (Å²) in [4.78, 5) is 60.6. The van der Waals surface area contributed by atoms with Crippen LogP contribution in [0.15, 0.2) is 95.5 Å². The number of aldehydes is 1. The Bertz CT molecular complexity index is 2430. The number of ketones is 2. The molecule has 5 aromatic carbocycles. The Morgan fingerprint density at radius 3 is 1.50 bits per heavy atom. The van der Waals surface area contributed by atoms with Gasteiger partial charge in [-0.05, 0) is 113 Å². The van der Waals surface area contributed by atoms with Gasteiger partial charge in [0.1, 0.15) is 36.6 Å². The minimum absolute atomic E-state index is 0. The molecule has 0 N–H and O–H groups in total. The van der Waals surface area contributed by atoms with Crippen LogP contribution in [0.3, 0.4) is 0 Å². The molecule has 2 aliphatic rings. The van der Waals surface area contributed by atoms with Crippen LogP contribution < -0.4 is 0 Å². The van der Waals surface area contributed by atoms with Crippen LogP contribution in [0.5, 0.6) is 0 Å². The molecule has 0 saturated carbocycles. The molecule has 0 amide bonds. The number of Topliss-reactive ketones (excluding diaryl/α,β-unsaturated/α-hetero) is 2. The van der Waals surface area contributed by atoms with Gasteiger partial charge in [0, 0.05) is 119 Å². The van der Waals surface area contributed by atoms with Crippen molar-refractivity contribution >= 4 is 90.9 Å². The molecule has 0 aromatic heterocycles. The maximum absolute atomic E-state index is 13.8. The Balaban J connectivity index is 0.000000465. The van der Waals surface area contributed by atoms with Crippen molar-refractivity contribution in [2.24, 2.45) is 0 Å². The summed E-state index contributed by atoms with van der Waals surface area (Å²) in [5.74, 6) is -4.56. The van der Waals surface area contributed by atoms with Crippen LogP contribution >= 0.6 is 61.1 Å². The number of halogens is 8. The van der Waals surface area contributed by atoms with E-state index < -0.39 is 48.0 Å². The molecule has 0 atom stereocenters. The second kappa shape index (κ2) is 38.3. The molecule has 2 radical (unpaired) electrons. The van der Waals surface area contributed by atoms with E-state index in [-0.39, 0.29) is 107 Å². The van der Waals surface area contributed by atoms with Gasteiger partial charge in [0.05, 0.1) is 55.2 Å². The summed E-state index contributed by atoms with van der Waals surface area (Å²) in [5, 5.41) is 0. The van der Waals surface area contributed by atoms with Crippen LogP contribution in [-0.2, 0) is 107 Å². The number of carbonyl (C=O) groups excluding carboxylic acids is 5. The summed E-state index contributed by atoms with van der Waals surface area (Å²) in [6.45, 7) is 11.7. The number of nitrogens with zero attached hydrogens (tertiary/aromatic N) is 2. The number of morpholine rings is 2. The zero-order chi connectivity index (χ0) is 51.4. The van der Waals surface area contributed by atoms with Crippen molar-refractivity contribution in [1.82, 2.24) is 9.80 Å². The predicted molar refractivity (Wildman–Crippen MR) is 272 cm³/mol. The number of benzene rings is 5. The first-order chi connectivity index (χ1) is 33.5. The Morgan fingerprint density at radius 2 is 1.06 bits per heavy atom. The summed E-state index contributed by atoms with van der Waals surface area (Å²) >= 11 is 7.02. The van der Waals surface area contributed by atoms with Gasteiger partial charge < -0.3 is 23.8 Å². The van der Waals surface area contributed by atoms with E-state index in [9.17, 15) is 45.9 Å². The molecular weight excluding hydrogens is 1390 g/mol. The van der Waals surface area contributed by atoms with Crippen LogP contribution in [0.25, 0.3) is 0 Å². The van der Waals surface area contributed by atoms with E-state index in [1.54, 1.807) is 50.2 Å². The topological polar surface area (TPSA) is 129 Å². The second-order valence-electron chi connectivity index (χ2n) is 14.7. The summed E-state index contributed by atoms with van der Waals surface area (Å²) in [5.41, 5.74) is 2.29. The SMILES string of the molecule is CCOC(=O)CC(=O)c1cc(CN2CCOCC2)ccc1F.CCOC(=O)CC(=O)c1cc(I)ccc1F.Fc1[c-]cc(CN2CCOCC2)cc1.Fc1[c-]cc(I)cc1.O=Cc1ccc(F)c(Br)c1.[Y].[Y]. The van der Waals surface area contributed by atoms with Gasteiger partial charge in [-0.2, -0.15) is 24.3 Å². The van der Waals surface area contributed by atoms with Crippen molar-refractivity contribution in [1.29, 1.82) is 0 Å². The quantitative estimate of drug-likeness (QED) is 0.0213. The van der Waals surface area contributed by atoms with Crippen molar-refractivity contribution in [2.45, 2.75) is 39.8 Å². The van der Waals surface area contributed by atoms with Crippen LogP contribution in [-0.4, -0.2) is 105 Å². The molecule has 5 aromatic rings. The Labute approximate surface area is 502 Å². The zero-order valence-electron chi connectivity index (χ0n) is 39.4. The molecule has 21 heteroatoms. The average Bonchev–Trinajstić information content (AvgIpc) is 3.34. The number of rotatable bonds is 13. The van der Waals surface area contributed by atoms with Crippen molar-refractivity contribution in [2.75, 3.05) is 65.8 Å². The van der Waals surface area contributed by atoms with Crippen LogP contribution in [0.1, 0.15) is 68.9 Å². The molecule has 382 valence electrons. The van der Waals surface area contributed by atoms with E-state index >= 15 is 0 Å². The first kappa shape index (κ1) is 67.7. The van der Waals surface area contributed by atoms with Crippen molar-refractivity contribution < 1.29 is 130 Å². The molecule has 0 aliphatic carbocycles. The summed E-state index contributed by atoms with van der Waals surface area (Å²) in [7, 11) is 0. The summed E-state index contributed by atoms with van der Waals surface area (Å²) < 4.78 is 86.1. The third-order valence-electron chi connectivity index (χ3n) is 9.46. The van der Waals surface area contributed by atoms with Gasteiger partial charge in [-0.25, -0.2) is 22.0 Å². The fraction of sp³-hybridized carbons (Fsp3) is 0.314. The fourth-order valence-corrected chi connectivity index (χ4v) is 7.24. The molecular formula is C51H50BrF5I2N2O9Y2-2. The predicted octanol–water partition coefficient (Wildman–Crippen LogP) is 10.4. The summed E-state index contributed by atoms with van der Waals surface area (Å²) in [6.07, 6.45) is -0.194. The molecule has 2 saturated heterocycles. The zero-order valence-corrected chi connectivity index (χ0v) is 51.0. The number of hydrogen-bond acceptors (Lipinski definition) is 11. The Hall–Kier alpha value is -2.31. The van der Waals surface area contributed by atoms with Crippen molar-refractivity contribution in [3.63, 3.8) is 0 Å². The Morgan fingerprint density at radius 1 is 0.611 bits per heavy atom. The van der Waals surface area contributed by atoms with Gasteiger partial charge in [-0.15, -0.1) is 52.4 Å². The van der Waals surface area contributed by atoms with Gasteiger partial charge in [0.25, 0.3) is 0 Å². The normalized spacial score (nSPS) is 12.9. The minimum atomic E-state index is -0.634. The second-order valence-corrected chi connectivity index (χ2v) is 18.1. The monoisotopic (exact) mass is 1440 g/mol. The van der Waals surface area contributed by atoms with Gasteiger partial charge in [0.15, 0.2) is 11.6 Å². The van der Waals surface area contributed by atoms with Crippen LogP contribution in [0.4, 0.5) is 22.0 Å². The van der Waals surface area contributed by atoms with Gasteiger partial charge in [-0.1, -0.05) is 9.64 Å². The van der Waals surface area contributed by atoms with Crippen molar-refractivity contribution in [3.05, 3.63) is 172 Å². The number of ether oxygens (including phenoxy) is 4. The Kier molecular flexibility index (Phi) is 36.0. The number of hydrogen-bond donors (Lipinski definition) is 0. The number of carbonyl (C=O) groups is 5. The van der Waals surface area contributed by atoms with Crippen LogP contribution in [0, 0.1) is 48.4 Å². The van der Waals surface area contributed by atoms with E-state index in [1.807, 2.05) is 22.6 Å². The first-order valence-corrected chi connectivity index (χ1v) is 24.6. The minimum Gasteiger partial charge on any atom is -0.466 e. The first-order valence-electron chi connectivity index (χ1n) is 21.6. The van der Waals surface area contributed by atoms with E-state index in [0.717, 1.165) is 64.2 Å². The average molecular weight is 1440 g/mol. The van der Waals surface area contributed by atoms with E-state index in [0.29, 0.717) is 36.1 Å². The largest absolute Gasteiger partial charge is 0.466 e. The van der Waals surface area contributed by atoms with Crippen LogP contribution in [0.2, 0.25) is 0 Å². The molecule has 11 nitrogen and oxygen atoms in total. The molecule has 0 unspecified atom stereocenters. The third kappa shape index (κ3) is 27.5. The molecule has 2 aliphatic heterocycles. The van der Waals surface area contributed by atoms with E-state index in [2.05, 4.69) is 65.2 Å². The number of esters is 2. The molecule has 2 heterocycles. The van der Waals surface area contributed by atoms with Crippen molar-refractivity contribution in [3.8, 4) is 0 Å². The van der Waals surface area contributed by atoms with E-state index in [4.69, 9.17) is 14.2 Å². The maximum Gasteiger partial charge on any atom is 0.313 e. The third-order valence-corrected chi connectivity index (χ3v) is 11.4. The van der Waals surface area contributed by atoms with Gasteiger partial charge >= 0.3 is 11.9 Å². The molecule has 0 spiro atoms. The molecule has 2 fully saturated rings. The smallest absolute Gasteiger partial charge is 0.313 e. The molecule has 72 heavy (non-hydrogen) atoms. The maximum atomic E-state index is 13.8. The summed E-state index contributed by atoms with van der Waals surface area (Å²) in [6, 6.07) is 27.4. The molecule has 0 bridgehead atoms. The van der Waals surface area contributed by atoms with Gasteiger partial charge in [-0.3, -0.25) is 28.9 Å². The molecule has 7 rings (SSSR count). The van der Waals surface area contributed by atoms with Gasteiger partial charge in [0.2, 0.25) is 0 Å². The standard InChI is InChI=1S/C16H20FNO4.C11H10FIO3.C11H13FNO.C7H4BrFO.C6H3FI.2Y/c1-2-22-16(20)10-15(19)13-9-12(3-4-14(13)17)11-18-5-7-21-8-6-18;1-2-16-11(15)6-10(14)8-5-7(13)3-4-9(8)12;12-11-3-1-10(2-4-11)9-13-5-7-14-8-6-13;8-6-3-5(4-10)1-2-7(6)9;7-5-1-3-6(8)4-2-5;;/h3-4,9H,2,5-8,10-11H2,1H3;3-5H,2,6H2,1H3;1-3H,5-9H2;1-4H;1,3-4H;;/q;;-1;;-1;;. The fourth-order valence-electron chi connectivity index (χ4n) is 6.02. The van der Waals surface area contributed by atoms with E-state index in [1.165, 1.54) is 54.6 Å².